The van der Waals surface area contributed by atoms with Gasteiger partial charge in [0.25, 0.3) is 0 Å². The van der Waals surface area contributed by atoms with Gasteiger partial charge in [0.05, 0.1) is 0 Å². The molecule has 0 aliphatic heterocycles. The van der Waals surface area contributed by atoms with Crippen LogP contribution in [0.15, 0.2) is 54.6 Å². The molecule has 0 fully saturated rings. The summed E-state index contributed by atoms with van der Waals surface area (Å²) in [4.78, 5) is 11.6. The zero-order valence-electron chi connectivity index (χ0n) is 14.1. The Morgan fingerprint density at radius 3 is 2.38 bits per heavy atom. The van der Waals surface area contributed by atoms with Crippen molar-refractivity contribution in [2.45, 2.75) is 24.5 Å². The Bertz CT molecular complexity index is 645. The number of rotatable bonds is 8. The fraction of sp³-hybridized carbons (Fsp3) is 0.316. The zero-order chi connectivity index (χ0) is 17.4. The Morgan fingerprint density at radius 2 is 1.71 bits per heavy atom. The normalized spacial score (nSPS) is 13.1. The summed E-state index contributed by atoms with van der Waals surface area (Å²) >= 11 is 0.156. The maximum absolute atomic E-state index is 11.6. The molecule has 0 saturated carbocycles. The van der Waals surface area contributed by atoms with Crippen molar-refractivity contribution in [3.63, 3.8) is 0 Å². The average molecular weight is 393 g/mol. The van der Waals surface area contributed by atoms with Crippen LogP contribution in [0, 0.1) is 0 Å². The molecule has 2 aromatic carbocycles. The molecule has 0 spiro atoms. The van der Waals surface area contributed by atoms with E-state index in [9.17, 15) is 4.79 Å². The molecule has 0 aliphatic rings. The molecule has 2 rings (SSSR count). The van der Waals surface area contributed by atoms with Crippen molar-refractivity contribution < 1.29 is 19.0 Å². The van der Waals surface area contributed by atoms with Gasteiger partial charge in [-0.15, -0.1) is 0 Å². The fourth-order valence-electron chi connectivity index (χ4n) is 2.20. The molecule has 0 N–H and O–H groups in total. The minimum atomic E-state index is -0.626. The molecule has 0 radical (unpaired) electrons. The Labute approximate surface area is 149 Å². The van der Waals surface area contributed by atoms with E-state index in [0.717, 1.165) is 15.5 Å². The molecule has 24 heavy (non-hydrogen) atoms. The minimum absolute atomic E-state index is 0.0530. The molecule has 0 amide bonds. The summed E-state index contributed by atoms with van der Waals surface area (Å²) in [5, 5.41) is 0.889. The number of para-hydroxylation sites is 1. The van der Waals surface area contributed by atoms with Crippen LogP contribution in [-0.2, 0) is 14.3 Å². The van der Waals surface area contributed by atoms with Crippen molar-refractivity contribution in [2.24, 2.45) is 0 Å². The van der Waals surface area contributed by atoms with Crippen molar-refractivity contribution in [1.82, 2.24) is 0 Å². The summed E-state index contributed by atoms with van der Waals surface area (Å²) in [5.41, 5.74) is 1.17. The molecule has 0 aromatic heterocycles. The summed E-state index contributed by atoms with van der Waals surface area (Å²) in [7, 11) is 3.09. The van der Waals surface area contributed by atoms with E-state index in [2.05, 4.69) is 12.1 Å². The van der Waals surface area contributed by atoms with Gasteiger partial charge in [0.15, 0.2) is 0 Å². The van der Waals surface area contributed by atoms with E-state index in [-0.39, 0.29) is 27.0 Å². The molecule has 0 saturated heterocycles. The predicted octanol–water partition coefficient (Wildman–Crippen LogP) is 2.76. The van der Waals surface area contributed by atoms with E-state index in [1.165, 1.54) is 12.7 Å². The van der Waals surface area contributed by atoms with Crippen molar-refractivity contribution in [3.8, 4) is 5.75 Å². The van der Waals surface area contributed by atoms with Crippen LogP contribution in [0.5, 0.6) is 5.75 Å². The molecule has 0 heterocycles. The first-order valence-electron chi connectivity index (χ1n) is 7.69. The van der Waals surface area contributed by atoms with Gasteiger partial charge in [-0.3, -0.25) is 0 Å². The number of carbonyl (C=O) groups is 1. The van der Waals surface area contributed by atoms with Gasteiger partial charge >= 0.3 is 149 Å². The van der Waals surface area contributed by atoms with Crippen LogP contribution < -0.4 is 9.20 Å². The number of hydrogen-bond donors (Lipinski definition) is 0. The second-order valence-corrected chi connectivity index (χ2v) is 7.40. The van der Waals surface area contributed by atoms with Gasteiger partial charge in [-0.2, -0.15) is 0 Å². The van der Waals surface area contributed by atoms with Gasteiger partial charge in [-0.25, -0.2) is 0 Å². The average Bonchev–Trinajstić information content (AvgIpc) is 2.63. The summed E-state index contributed by atoms with van der Waals surface area (Å²) < 4.78 is 17.2. The number of ether oxygens (including phenoxy) is 3. The molecule has 128 valence electrons. The molecule has 4 nitrogen and oxygen atoms in total. The first kappa shape index (κ1) is 18.5. The number of carbonyl (C=O) groups excluding carboxylic acids is 1. The number of methoxy groups -OCH3 is 2. The quantitative estimate of drug-likeness (QED) is 0.511. The van der Waals surface area contributed by atoms with Crippen molar-refractivity contribution in [3.05, 3.63) is 60.2 Å². The summed E-state index contributed by atoms with van der Waals surface area (Å²) in [6.07, 6.45) is -0.573. The fourth-order valence-corrected chi connectivity index (χ4v) is 4.50. The molecule has 2 aromatic rings. The summed E-state index contributed by atoms with van der Waals surface area (Å²) in [6.45, 7) is 1.69. The molecule has 0 bridgehead atoms. The number of hydrogen-bond acceptors (Lipinski definition) is 4. The first-order chi connectivity index (χ1) is 11.7. The van der Waals surface area contributed by atoms with Crippen LogP contribution >= 0.6 is 0 Å². The number of benzene rings is 2. The third-order valence-corrected chi connectivity index (χ3v) is 5.88. The zero-order valence-corrected chi connectivity index (χ0v) is 15.8. The van der Waals surface area contributed by atoms with Gasteiger partial charge in [-0.05, 0) is 0 Å². The van der Waals surface area contributed by atoms with Gasteiger partial charge in [0, 0.05) is 0 Å². The second-order valence-electron chi connectivity index (χ2n) is 5.18. The molecular weight excluding hydrogens is 371 g/mol. The van der Waals surface area contributed by atoms with Crippen LogP contribution in [0.3, 0.4) is 0 Å². The molecule has 0 aliphatic carbocycles. The maximum atomic E-state index is 11.6. The molecule has 2 atom stereocenters. The van der Waals surface area contributed by atoms with E-state index in [4.69, 9.17) is 14.2 Å². The van der Waals surface area contributed by atoms with Crippen molar-refractivity contribution in [2.75, 3.05) is 14.2 Å². The van der Waals surface area contributed by atoms with E-state index in [0.29, 0.717) is 0 Å². The monoisotopic (exact) mass is 394 g/mol. The van der Waals surface area contributed by atoms with Crippen molar-refractivity contribution in [1.29, 1.82) is 0 Å². The topological polar surface area (TPSA) is 44.8 Å². The van der Waals surface area contributed by atoms with Crippen LogP contribution in [0.25, 0.3) is 0 Å². The molecular formula is C19H22O4Se. The number of esters is 1. The van der Waals surface area contributed by atoms with Crippen LogP contribution in [0.4, 0.5) is 0 Å². The Hall–Kier alpha value is -1.81. The van der Waals surface area contributed by atoms with E-state index >= 15 is 0 Å². The first-order valence-corrected chi connectivity index (χ1v) is 9.76. The predicted molar refractivity (Wildman–Crippen MR) is 94.9 cm³/mol. The summed E-state index contributed by atoms with van der Waals surface area (Å²) in [5.74, 6) is 0.356. The molecule has 1 unspecified atom stereocenters. The molecule has 5 heteroatoms. The van der Waals surface area contributed by atoms with Crippen LogP contribution in [-0.4, -0.2) is 41.2 Å². The SMILES string of the molecule is COC(=O)[C@@H](C)Oc1ccccc1[Se]CC(OC)c1ccccc1. The Morgan fingerprint density at radius 1 is 1.04 bits per heavy atom. The van der Waals surface area contributed by atoms with E-state index in [1.54, 1.807) is 14.0 Å². The third-order valence-electron chi connectivity index (χ3n) is 3.53. The van der Waals surface area contributed by atoms with Gasteiger partial charge in [0.2, 0.25) is 0 Å². The second kappa shape index (κ2) is 9.48. The summed E-state index contributed by atoms with van der Waals surface area (Å²) in [6, 6.07) is 18.0. The van der Waals surface area contributed by atoms with Crippen LogP contribution in [0.2, 0.25) is 5.32 Å². The Balaban J connectivity index is 2.05. The van der Waals surface area contributed by atoms with Gasteiger partial charge < -0.3 is 0 Å². The van der Waals surface area contributed by atoms with Crippen molar-refractivity contribution >= 4 is 25.4 Å². The van der Waals surface area contributed by atoms with E-state index < -0.39 is 6.10 Å². The van der Waals surface area contributed by atoms with Crippen LogP contribution in [0.1, 0.15) is 18.6 Å². The standard InChI is InChI=1S/C19H22O4Se/c1-14(19(20)22-3)23-16-11-7-8-12-18(16)24-13-17(21-2)15-9-5-4-6-10-15/h4-12,14,17H,13H2,1-3H3/t14-,17?/m1/s1. The van der Waals surface area contributed by atoms with E-state index in [1.807, 2.05) is 42.5 Å². The Kier molecular flexibility index (Phi) is 7.32. The third kappa shape index (κ3) is 5.10. The van der Waals surface area contributed by atoms with Gasteiger partial charge in [0.1, 0.15) is 0 Å². The van der Waals surface area contributed by atoms with Gasteiger partial charge in [-0.1, -0.05) is 0 Å².